The number of hydrogen-bond acceptors (Lipinski definition) is 5. The molecule has 142 valence electrons. The molecule has 1 amide bonds. The fourth-order valence-electron chi connectivity index (χ4n) is 2.71. The highest BCUT2D eigenvalue weighted by atomic mass is 35.5. The number of benzene rings is 1. The number of thioether (sulfide) groups is 1. The molecule has 1 aliphatic heterocycles. The third-order valence-corrected chi connectivity index (χ3v) is 7.29. The summed E-state index contributed by atoms with van der Waals surface area (Å²) in [5, 5.41) is 6.01. The van der Waals surface area contributed by atoms with Gasteiger partial charge >= 0.3 is 0 Å². The van der Waals surface area contributed by atoms with E-state index < -0.39 is 9.84 Å². The van der Waals surface area contributed by atoms with Gasteiger partial charge in [0.05, 0.1) is 15.9 Å². The van der Waals surface area contributed by atoms with Crippen molar-refractivity contribution in [1.82, 2.24) is 10.6 Å². The Morgan fingerprint density at radius 3 is 2.60 bits per heavy atom. The summed E-state index contributed by atoms with van der Waals surface area (Å²) in [4.78, 5) is 13.4. The average Bonchev–Trinajstić information content (AvgIpc) is 2.56. The molecule has 1 aromatic rings. The zero-order valence-corrected chi connectivity index (χ0v) is 17.1. The molecule has 1 atom stereocenters. The molecule has 25 heavy (non-hydrogen) atoms. The van der Waals surface area contributed by atoms with E-state index in [1.165, 1.54) is 11.8 Å². The van der Waals surface area contributed by atoms with Crippen LogP contribution in [0.25, 0.3) is 0 Å². The van der Waals surface area contributed by atoms with Crippen LogP contribution in [0.3, 0.4) is 0 Å². The summed E-state index contributed by atoms with van der Waals surface area (Å²) in [7, 11) is -3.30. The Labute approximate surface area is 161 Å². The lowest BCUT2D eigenvalue weighted by molar-refractivity contribution is -0.121. The van der Waals surface area contributed by atoms with Crippen molar-refractivity contribution in [3.8, 4) is 0 Å². The lowest BCUT2D eigenvalue weighted by atomic mass is 10.1. The van der Waals surface area contributed by atoms with Gasteiger partial charge in [0.1, 0.15) is 0 Å². The minimum absolute atomic E-state index is 0. The van der Waals surface area contributed by atoms with Gasteiger partial charge in [0, 0.05) is 10.9 Å². The van der Waals surface area contributed by atoms with Crippen molar-refractivity contribution in [2.24, 2.45) is 0 Å². The van der Waals surface area contributed by atoms with Crippen molar-refractivity contribution in [3.05, 3.63) is 24.3 Å². The second kappa shape index (κ2) is 10.4. The van der Waals surface area contributed by atoms with Crippen LogP contribution >= 0.6 is 24.2 Å². The van der Waals surface area contributed by atoms with E-state index >= 15 is 0 Å². The van der Waals surface area contributed by atoms with Gasteiger partial charge in [-0.25, -0.2) is 8.42 Å². The van der Waals surface area contributed by atoms with Gasteiger partial charge < -0.3 is 10.6 Å². The Hall–Kier alpha value is -0.760. The van der Waals surface area contributed by atoms with Crippen molar-refractivity contribution in [2.75, 3.05) is 18.8 Å². The summed E-state index contributed by atoms with van der Waals surface area (Å²) in [6, 6.07) is 7.16. The maximum Gasteiger partial charge on any atom is 0.233 e. The molecule has 1 unspecified atom stereocenters. The molecule has 1 aromatic carbocycles. The first-order valence-corrected chi connectivity index (χ1v) is 11.0. The topological polar surface area (TPSA) is 75.3 Å². The molecule has 0 saturated carbocycles. The number of amides is 1. The van der Waals surface area contributed by atoms with Gasteiger partial charge in [0.2, 0.25) is 5.91 Å². The first-order chi connectivity index (χ1) is 11.4. The van der Waals surface area contributed by atoms with Gasteiger partial charge in [-0.3, -0.25) is 4.79 Å². The van der Waals surface area contributed by atoms with E-state index in [0.717, 1.165) is 25.9 Å². The van der Waals surface area contributed by atoms with E-state index in [4.69, 9.17) is 0 Å². The van der Waals surface area contributed by atoms with E-state index in [-0.39, 0.29) is 35.4 Å². The van der Waals surface area contributed by atoms with Gasteiger partial charge in [0.25, 0.3) is 0 Å². The molecule has 1 aliphatic rings. The highest BCUT2D eigenvalue weighted by molar-refractivity contribution is 8.01. The summed E-state index contributed by atoms with van der Waals surface area (Å²) in [6.45, 7) is 5.52. The van der Waals surface area contributed by atoms with Crippen molar-refractivity contribution in [2.45, 2.75) is 54.2 Å². The van der Waals surface area contributed by atoms with Crippen molar-refractivity contribution >= 4 is 39.9 Å². The summed E-state index contributed by atoms with van der Waals surface area (Å²) < 4.78 is 24.8. The Balaban J connectivity index is 0.00000312. The molecule has 0 aromatic heterocycles. The van der Waals surface area contributed by atoms with Gasteiger partial charge in [0.15, 0.2) is 9.84 Å². The smallest absolute Gasteiger partial charge is 0.233 e. The van der Waals surface area contributed by atoms with Crippen LogP contribution in [0.1, 0.15) is 33.1 Å². The van der Waals surface area contributed by atoms with E-state index in [0.29, 0.717) is 16.2 Å². The fraction of sp³-hybridized carbons (Fsp3) is 0.588. The minimum Gasteiger partial charge on any atom is -0.352 e. The van der Waals surface area contributed by atoms with Crippen molar-refractivity contribution in [1.29, 1.82) is 0 Å². The second-order valence-corrected chi connectivity index (χ2v) is 9.52. The molecule has 1 fully saturated rings. The molecule has 0 bridgehead atoms. The number of carbonyl (C=O) groups is 1. The first kappa shape index (κ1) is 22.3. The van der Waals surface area contributed by atoms with Crippen LogP contribution in [0, 0.1) is 0 Å². The zero-order chi connectivity index (χ0) is 17.6. The number of hydrogen-bond donors (Lipinski definition) is 2. The number of nitrogens with one attached hydrogen (secondary N) is 2. The fourth-order valence-corrected chi connectivity index (χ4v) is 5.55. The molecule has 2 rings (SSSR count). The summed E-state index contributed by atoms with van der Waals surface area (Å²) in [5.41, 5.74) is 0. The van der Waals surface area contributed by atoms with Crippen molar-refractivity contribution < 1.29 is 13.2 Å². The Morgan fingerprint density at radius 1 is 1.32 bits per heavy atom. The average molecular weight is 407 g/mol. The normalized spacial score (nSPS) is 16.7. The molecule has 5 nitrogen and oxygen atoms in total. The van der Waals surface area contributed by atoms with E-state index in [9.17, 15) is 13.2 Å². The van der Waals surface area contributed by atoms with Crippen molar-refractivity contribution in [3.63, 3.8) is 0 Å². The van der Waals surface area contributed by atoms with Crippen LogP contribution in [0.4, 0.5) is 0 Å². The van der Waals surface area contributed by atoms with Crippen LogP contribution in [0.2, 0.25) is 0 Å². The summed E-state index contributed by atoms with van der Waals surface area (Å²) in [6.07, 6.45) is 2.45. The minimum atomic E-state index is -3.30. The highest BCUT2D eigenvalue weighted by Gasteiger charge is 2.23. The van der Waals surface area contributed by atoms with E-state index in [2.05, 4.69) is 10.6 Å². The third-order valence-electron chi connectivity index (χ3n) is 4.02. The Kier molecular flexibility index (Phi) is 9.27. The molecule has 0 aliphatic carbocycles. The molecular formula is C17H27ClN2O3S2. The number of halogens is 1. The summed E-state index contributed by atoms with van der Waals surface area (Å²) in [5.74, 6) is 0.0924. The standard InChI is InChI=1S/C17H26N2O3S2.ClH/c1-3-12-24(21,22)16-7-5-4-6-15(16)23-13(2)17(20)19-14-8-10-18-11-9-14;/h4-7,13-14,18H,3,8-12H2,1-2H3,(H,19,20);1H. The molecule has 1 saturated heterocycles. The second-order valence-electron chi connectivity index (χ2n) is 6.06. The lowest BCUT2D eigenvalue weighted by Gasteiger charge is -2.25. The SMILES string of the molecule is CCCS(=O)(=O)c1ccccc1SC(C)C(=O)NC1CCNCC1.Cl. The molecular weight excluding hydrogens is 380 g/mol. The number of carbonyl (C=O) groups excluding carboxylic acids is 1. The zero-order valence-electron chi connectivity index (χ0n) is 14.7. The lowest BCUT2D eigenvalue weighted by Crippen LogP contribution is -2.45. The molecule has 0 spiro atoms. The maximum atomic E-state index is 12.4. The van der Waals surface area contributed by atoms with Gasteiger partial charge in [-0.2, -0.15) is 0 Å². The van der Waals surface area contributed by atoms with Gasteiger partial charge in [-0.1, -0.05) is 19.1 Å². The Morgan fingerprint density at radius 2 is 1.96 bits per heavy atom. The van der Waals surface area contributed by atoms with Crippen LogP contribution in [-0.4, -0.2) is 44.5 Å². The summed E-state index contributed by atoms with van der Waals surface area (Å²) >= 11 is 1.31. The van der Waals surface area contributed by atoms with Crippen LogP contribution in [-0.2, 0) is 14.6 Å². The predicted molar refractivity (Wildman–Crippen MR) is 105 cm³/mol. The van der Waals surface area contributed by atoms with Gasteiger partial charge in [-0.15, -0.1) is 24.2 Å². The molecule has 2 N–H and O–H groups in total. The van der Waals surface area contributed by atoms with Crippen LogP contribution < -0.4 is 10.6 Å². The number of rotatable bonds is 7. The van der Waals surface area contributed by atoms with E-state index in [1.807, 2.05) is 19.9 Å². The first-order valence-electron chi connectivity index (χ1n) is 8.43. The predicted octanol–water partition coefficient (Wildman–Crippen LogP) is 2.64. The number of sulfone groups is 1. The maximum absolute atomic E-state index is 12.4. The largest absolute Gasteiger partial charge is 0.352 e. The quantitative estimate of drug-likeness (QED) is 0.681. The van der Waals surface area contributed by atoms with E-state index in [1.54, 1.807) is 18.2 Å². The Bertz CT molecular complexity index is 662. The number of piperidine rings is 1. The third kappa shape index (κ3) is 6.47. The molecule has 1 heterocycles. The molecule has 8 heteroatoms. The monoisotopic (exact) mass is 406 g/mol. The van der Waals surface area contributed by atoms with Crippen LogP contribution in [0.5, 0.6) is 0 Å². The van der Waals surface area contributed by atoms with Gasteiger partial charge in [-0.05, 0) is 51.4 Å². The highest BCUT2D eigenvalue weighted by Crippen LogP contribution is 2.30. The molecule has 0 radical (unpaired) electrons. The van der Waals surface area contributed by atoms with Crippen LogP contribution in [0.15, 0.2) is 34.1 Å².